The summed E-state index contributed by atoms with van der Waals surface area (Å²) in [6.07, 6.45) is 1.11. The van der Waals surface area contributed by atoms with E-state index in [0.717, 1.165) is 25.2 Å². The third kappa shape index (κ3) is 3.02. The second-order valence-electron chi connectivity index (χ2n) is 5.13. The molecule has 5 heteroatoms. The number of nitrogens with zero attached hydrogens (tertiary/aromatic N) is 1. The number of piperidine rings is 1. The minimum absolute atomic E-state index is 0.431. The SMILES string of the molecule is CC1CN(C)CCC1Nc1cc(Cl)c(Cl)cc1N. The molecule has 100 valence electrons. The van der Waals surface area contributed by atoms with E-state index >= 15 is 0 Å². The van der Waals surface area contributed by atoms with Crippen molar-refractivity contribution in [3.63, 3.8) is 0 Å². The van der Waals surface area contributed by atoms with Crippen molar-refractivity contribution in [1.82, 2.24) is 4.90 Å². The number of halogens is 2. The zero-order chi connectivity index (χ0) is 13.3. The number of benzene rings is 1. The number of nitrogens with two attached hydrogens (primary N) is 1. The van der Waals surface area contributed by atoms with Gasteiger partial charge in [0.1, 0.15) is 0 Å². The summed E-state index contributed by atoms with van der Waals surface area (Å²) in [5, 5.41) is 4.53. The predicted octanol–water partition coefficient (Wildman–Crippen LogP) is 3.33. The van der Waals surface area contributed by atoms with Crippen molar-refractivity contribution >= 4 is 34.6 Å². The molecule has 3 nitrogen and oxygen atoms in total. The van der Waals surface area contributed by atoms with E-state index in [1.54, 1.807) is 6.07 Å². The fraction of sp³-hybridized carbons (Fsp3) is 0.538. The molecule has 1 aromatic rings. The van der Waals surface area contributed by atoms with Crippen LogP contribution in [0.2, 0.25) is 10.0 Å². The third-order valence-corrected chi connectivity index (χ3v) is 4.26. The Hall–Kier alpha value is -0.640. The number of anilines is 2. The van der Waals surface area contributed by atoms with Gasteiger partial charge in [0.15, 0.2) is 0 Å². The number of hydrogen-bond acceptors (Lipinski definition) is 3. The Balaban J connectivity index is 2.12. The van der Waals surface area contributed by atoms with Crippen LogP contribution in [0.5, 0.6) is 0 Å². The topological polar surface area (TPSA) is 41.3 Å². The molecule has 1 aromatic carbocycles. The lowest BCUT2D eigenvalue weighted by Crippen LogP contribution is -2.43. The van der Waals surface area contributed by atoms with E-state index in [2.05, 4.69) is 24.2 Å². The normalized spacial score (nSPS) is 25.1. The number of rotatable bonds is 2. The monoisotopic (exact) mass is 287 g/mol. The lowest BCUT2D eigenvalue weighted by atomic mass is 9.94. The lowest BCUT2D eigenvalue weighted by Gasteiger charge is -2.36. The van der Waals surface area contributed by atoms with Crippen LogP contribution >= 0.6 is 23.2 Å². The van der Waals surface area contributed by atoms with Gasteiger partial charge in [-0.25, -0.2) is 0 Å². The first kappa shape index (κ1) is 13.8. The summed E-state index contributed by atoms with van der Waals surface area (Å²) >= 11 is 12.0. The van der Waals surface area contributed by atoms with Crippen molar-refractivity contribution in [2.24, 2.45) is 5.92 Å². The third-order valence-electron chi connectivity index (χ3n) is 3.54. The van der Waals surface area contributed by atoms with Crippen molar-refractivity contribution in [2.45, 2.75) is 19.4 Å². The summed E-state index contributed by atoms with van der Waals surface area (Å²) in [6, 6.07) is 3.94. The van der Waals surface area contributed by atoms with Crippen LogP contribution < -0.4 is 11.1 Å². The molecular formula is C13H19Cl2N3. The van der Waals surface area contributed by atoms with E-state index < -0.39 is 0 Å². The van der Waals surface area contributed by atoms with E-state index in [1.165, 1.54) is 0 Å². The van der Waals surface area contributed by atoms with E-state index in [-0.39, 0.29) is 0 Å². The zero-order valence-corrected chi connectivity index (χ0v) is 12.2. The highest BCUT2D eigenvalue weighted by Crippen LogP contribution is 2.32. The maximum atomic E-state index is 6.03. The van der Waals surface area contributed by atoms with Crippen LogP contribution in [0.15, 0.2) is 12.1 Å². The molecule has 2 rings (SSSR count). The van der Waals surface area contributed by atoms with Gasteiger partial charge in [-0.2, -0.15) is 0 Å². The summed E-state index contributed by atoms with van der Waals surface area (Å²) in [4.78, 5) is 2.35. The summed E-state index contributed by atoms with van der Waals surface area (Å²) in [5.74, 6) is 0.581. The second kappa shape index (κ2) is 5.55. The van der Waals surface area contributed by atoms with E-state index in [4.69, 9.17) is 28.9 Å². The molecule has 0 spiro atoms. The minimum Gasteiger partial charge on any atom is -0.397 e. The van der Waals surface area contributed by atoms with Gasteiger partial charge in [-0.3, -0.25) is 0 Å². The minimum atomic E-state index is 0.431. The van der Waals surface area contributed by atoms with Crippen LogP contribution in [-0.4, -0.2) is 31.1 Å². The van der Waals surface area contributed by atoms with Gasteiger partial charge in [0.05, 0.1) is 21.4 Å². The number of nitrogens with one attached hydrogen (secondary N) is 1. The van der Waals surface area contributed by atoms with E-state index in [9.17, 15) is 0 Å². The Kier molecular flexibility index (Phi) is 4.25. The molecule has 0 radical (unpaired) electrons. The van der Waals surface area contributed by atoms with Crippen molar-refractivity contribution < 1.29 is 0 Å². The van der Waals surface area contributed by atoms with Crippen LogP contribution in [0.25, 0.3) is 0 Å². The highest BCUT2D eigenvalue weighted by atomic mass is 35.5. The quantitative estimate of drug-likeness (QED) is 0.820. The van der Waals surface area contributed by atoms with Gasteiger partial charge < -0.3 is 16.0 Å². The van der Waals surface area contributed by atoms with Crippen molar-refractivity contribution in [3.8, 4) is 0 Å². The Bertz CT molecular complexity index is 436. The first-order chi connectivity index (χ1) is 8.47. The van der Waals surface area contributed by atoms with Gasteiger partial charge in [-0.05, 0) is 38.1 Å². The van der Waals surface area contributed by atoms with E-state index in [0.29, 0.717) is 27.7 Å². The molecule has 1 saturated heterocycles. The van der Waals surface area contributed by atoms with Crippen LogP contribution in [-0.2, 0) is 0 Å². The predicted molar refractivity (Wildman–Crippen MR) is 79.6 cm³/mol. The molecule has 0 aliphatic carbocycles. The number of nitrogen functional groups attached to an aromatic ring is 1. The Morgan fingerprint density at radius 1 is 1.33 bits per heavy atom. The number of likely N-dealkylation sites (tertiary alicyclic amines) is 1. The van der Waals surface area contributed by atoms with Crippen molar-refractivity contribution in [3.05, 3.63) is 22.2 Å². The molecule has 0 saturated carbocycles. The van der Waals surface area contributed by atoms with Crippen LogP contribution in [0.4, 0.5) is 11.4 Å². The van der Waals surface area contributed by atoms with E-state index in [1.807, 2.05) is 6.07 Å². The fourth-order valence-electron chi connectivity index (χ4n) is 2.46. The molecule has 1 aliphatic rings. The van der Waals surface area contributed by atoms with Gasteiger partial charge in [-0.1, -0.05) is 30.1 Å². The summed E-state index contributed by atoms with van der Waals surface area (Å²) < 4.78 is 0. The van der Waals surface area contributed by atoms with Gasteiger partial charge in [0.2, 0.25) is 0 Å². The summed E-state index contributed by atoms with van der Waals surface area (Å²) in [7, 11) is 2.15. The standard InChI is InChI=1S/C13H19Cl2N3/c1-8-7-18(2)4-3-12(8)17-13-6-10(15)9(14)5-11(13)16/h5-6,8,12,17H,3-4,7,16H2,1-2H3. The molecule has 2 atom stereocenters. The summed E-state index contributed by atoms with van der Waals surface area (Å²) in [6.45, 7) is 4.45. The average Bonchev–Trinajstić information content (AvgIpc) is 2.29. The molecule has 1 fully saturated rings. The molecule has 0 bridgehead atoms. The highest BCUT2D eigenvalue weighted by Gasteiger charge is 2.24. The molecule has 0 amide bonds. The van der Waals surface area contributed by atoms with Crippen molar-refractivity contribution in [2.75, 3.05) is 31.2 Å². The Morgan fingerprint density at radius 2 is 2.00 bits per heavy atom. The molecule has 0 aromatic heterocycles. The van der Waals surface area contributed by atoms with Gasteiger partial charge in [0.25, 0.3) is 0 Å². The first-order valence-electron chi connectivity index (χ1n) is 6.17. The van der Waals surface area contributed by atoms with Gasteiger partial charge >= 0.3 is 0 Å². The molecule has 1 heterocycles. The number of hydrogen-bond donors (Lipinski definition) is 2. The van der Waals surface area contributed by atoms with Gasteiger partial charge in [0, 0.05) is 12.6 Å². The molecule has 2 unspecified atom stereocenters. The van der Waals surface area contributed by atoms with Crippen LogP contribution in [0, 0.1) is 5.92 Å². The summed E-state index contributed by atoms with van der Waals surface area (Å²) in [5.41, 5.74) is 7.49. The van der Waals surface area contributed by atoms with Crippen LogP contribution in [0.1, 0.15) is 13.3 Å². The maximum absolute atomic E-state index is 6.03. The fourth-order valence-corrected chi connectivity index (χ4v) is 2.79. The molecule has 1 aliphatic heterocycles. The smallest absolute Gasteiger partial charge is 0.0614 e. The molecule has 3 N–H and O–H groups in total. The Morgan fingerprint density at radius 3 is 2.67 bits per heavy atom. The molecule has 18 heavy (non-hydrogen) atoms. The average molecular weight is 288 g/mol. The zero-order valence-electron chi connectivity index (χ0n) is 10.7. The van der Waals surface area contributed by atoms with Crippen molar-refractivity contribution in [1.29, 1.82) is 0 Å². The maximum Gasteiger partial charge on any atom is 0.0614 e. The first-order valence-corrected chi connectivity index (χ1v) is 6.92. The Labute approximate surface area is 118 Å². The lowest BCUT2D eigenvalue weighted by molar-refractivity contribution is 0.206. The molecular weight excluding hydrogens is 269 g/mol. The second-order valence-corrected chi connectivity index (χ2v) is 5.95. The largest absolute Gasteiger partial charge is 0.397 e. The highest BCUT2D eigenvalue weighted by molar-refractivity contribution is 6.42. The van der Waals surface area contributed by atoms with Crippen LogP contribution in [0.3, 0.4) is 0 Å². The van der Waals surface area contributed by atoms with Gasteiger partial charge in [-0.15, -0.1) is 0 Å².